The van der Waals surface area contributed by atoms with Crippen LogP contribution in [0.15, 0.2) is 24.3 Å². The largest absolute Gasteiger partial charge is 0.341 e. The Balaban J connectivity index is 1.51. The predicted octanol–water partition coefficient (Wildman–Crippen LogP) is 2.17. The lowest BCUT2D eigenvalue weighted by Gasteiger charge is -2.27. The van der Waals surface area contributed by atoms with E-state index in [1.165, 1.54) is 6.42 Å². The van der Waals surface area contributed by atoms with Gasteiger partial charge in [0.1, 0.15) is 12.1 Å². The Morgan fingerprint density at radius 2 is 1.73 bits per heavy atom. The Morgan fingerprint density at radius 3 is 2.50 bits per heavy atom. The fourth-order valence-corrected chi connectivity index (χ4v) is 4.47. The SMILES string of the molecule is O=C(CN1C(=O)N[C@]2(CCc3ccccc32)C1=O)N1CCCCCCC1. The minimum Gasteiger partial charge on any atom is -0.341 e. The van der Waals surface area contributed by atoms with Gasteiger partial charge in [-0.15, -0.1) is 0 Å². The minimum absolute atomic E-state index is 0.126. The van der Waals surface area contributed by atoms with Gasteiger partial charge in [0.05, 0.1) is 0 Å². The summed E-state index contributed by atoms with van der Waals surface area (Å²) in [7, 11) is 0. The zero-order chi connectivity index (χ0) is 18.1. The minimum atomic E-state index is -0.982. The van der Waals surface area contributed by atoms with Gasteiger partial charge in [-0.3, -0.25) is 14.5 Å². The van der Waals surface area contributed by atoms with Crippen LogP contribution in [0.5, 0.6) is 0 Å². The van der Waals surface area contributed by atoms with Crippen molar-refractivity contribution in [2.45, 2.75) is 50.5 Å². The highest BCUT2D eigenvalue weighted by molar-refractivity contribution is 6.09. The van der Waals surface area contributed by atoms with E-state index in [1.54, 1.807) is 0 Å². The predicted molar refractivity (Wildman–Crippen MR) is 96.4 cm³/mol. The quantitative estimate of drug-likeness (QED) is 0.827. The van der Waals surface area contributed by atoms with Crippen molar-refractivity contribution < 1.29 is 14.4 Å². The van der Waals surface area contributed by atoms with E-state index in [4.69, 9.17) is 0 Å². The molecule has 2 heterocycles. The standard InChI is InChI=1S/C20H25N3O3/c24-17(22-12-6-2-1-3-7-13-22)14-23-18(25)20(21-19(23)26)11-10-15-8-4-5-9-16(15)20/h4-5,8-9H,1-3,6-7,10-14H2,(H,21,26)/t20-/m0/s1. The lowest BCUT2D eigenvalue weighted by molar-refractivity contribution is -0.139. The van der Waals surface area contributed by atoms with Crippen LogP contribution in [0.25, 0.3) is 0 Å². The van der Waals surface area contributed by atoms with Gasteiger partial charge < -0.3 is 10.2 Å². The number of aryl methyl sites for hydroxylation is 1. The van der Waals surface area contributed by atoms with E-state index in [1.807, 2.05) is 29.2 Å². The van der Waals surface area contributed by atoms with Crippen molar-refractivity contribution in [3.05, 3.63) is 35.4 Å². The lowest BCUT2D eigenvalue weighted by Crippen LogP contribution is -2.45. The highest BCUT2D eigenvalue weighted by atomic mass is 16.2. The van der Waals surface area contributed by atoms with E-state index in [2.05, 4.69) is 5.32 Å². The summed E-state index contributed by atoms with van der Waals surface area (Å²) in [6, 6.07) is 7.29. The third kappa shape index (κ3) is 2.77. The molecule has 1 aliphatic carbocycles. The molecule has 2 aliphatic heterocycles. The maximum atomic E-state index is 13.1. The van der Waals surface area contributed by atoms with Crippen LogP contribution in [0.4, 0.5) is 4.79 Å². The highest BCUT2D eigenvalue weighted by Crippen LogP contribution is 2.41. The molecule has 6 heteroatoms. The van der Waals surface area contributed by atoms with Crippen LogP contribution in [0.3, 0.4) is 0 Å². The lowest BCUT2D eigenvalue weighted by atomic mass is 9.92. The first-order chi connectivity index (χ1) is 12.6. The summed E-state index contributed by atoms with van der Waals surface area (Å²) in [6.07, 6.45) is 6.78. The average molecular weight is 355 g/mol. The first-order valence-corrected chi connectivity index (χ1v) is 9.62. The number of urea groups is 1. The second kappa shape index (κ2) is 6.74. The number of carbonyl (C=O) groups excluding carboxylic acids is 3. The Kier molecular flexibility index (Phi) is 4.42. The van der Waals surface area contributed by atoms with Gasteiger partial charge in [-0.05, 0) is 36.8 Å². The topological polar surface area (TPSA) is 69.7 Å². The molecule has 0 unspecified atom stereocenters. The van der Waals surface area contributed by atoms with Gasteiger partial charge in [0.15, 0.2) is 0 Å². The van der Waals surface area contributed by atoms with Crippen molar-refractivity contribution in [2.75, 3.05) is 19.6 Å². The summed E-state index contributed by atoms with van der Waals surface area (Å²) >= 11 is 0. The summed E-state index contributed by atoms with van der Waals surface area (Å²) < 4.78 is 0. The highest BCUT2D eigenvalue weighted by Gasteiger charge is 2.55. The number of hydrogen-bond acceptors (Lipinski definition) is 3. The summed E-state index contributed by atoms with van der Waals surface area (Å²) in [6.45, 7) is 1.28. The van der Waals surface area contributed by atoms with E-state index < -0.39 is 11.6 Å². The summed E-state index contributed by atoms with van der Waals surface area (Å²) in [5, 5.41) is 2.88. The van der Waals surface area contributed by atoms with Crippen LogP contribution in [0, 0.1) is 0 Å². The molecule has 2 fully saturated rings. The van der Waals surface area contributed by atoms with Crippen molar-refractivity contribution in [1.29, 1.82) is 0 Å². The Morgan fingerprint density at radius 1 is 1.04 bits per heavy atom. The van der Waals surface area contributed by atoms with Crippen LogP contribution < -0.4 is 5.32 Å². The van der Waals surface area contributed by atoms with Gasteiger partial charge in [0.25, 0.3) is 5.91 Å². The molecule has 0 saturated carbocycles. The van der Waals surface area contributed by atoms with Crippen molar-refractivity contribution in [3.63, 3.8) is 0 Å². The molecular formula is C20H25N3O3. The first-order valence-electron chi connectivity index (χ1n) is 9.62. The molecule has 4 rings (SSSR count). The number of nitrogens with one attached hydrogen (secondary N) is 1. The molecule has 3 aliphatic rings. The van der Waals surface area contributed by atoms with Crippen LogP contribution in [0.2, 0.25) is 0 Å². The molecule has 1 N–H and O–H groups in total. The molecule has 2 saturated heterocycles. The van der Waals surface area contributed by atoms with Crippen molar-refractivity contribution >= 4 is 17.8 Å². The van der Waals surface area contributed by atoms with Crippen molar-refractivity contribution in [3.8, 4) is 0 Å². The molecule has 1 spiro atoms. The normalized spacial score (nSPS) is 25.8. The van der Waals surface area contributed by atoms with Gasteiger partial charge in [0.2, 0.25) is 5.91 Å². The first kappa shape index (κ1) is 17.1. The molecule has 1 aromatic rings. The molecule has 1 aromatic carbocycles. The number of benzene rings is 1. The second-order valence-corrected chi connectivity index (χ2v) is 7.53. The van der Waals surface area contributed by atoms with E-state index in [-0.39, 0.29) is 18.4 Å². The number of nitrogens with zero attached hydrogens (tertiary/aromatic N) is 2. The smallest absolute Gasteiger partial charge is 0.325 e. The monoisotopic (exact) mass is 355 g/mol. The number of fused-ring (bicyclic) bond motifs is 2. The van der Waals surface area contributed by atoms with Crippen LogP contribution in [-0.4, -0.2) is 47.3 Å². The maximum absolute atomic E-state index is 13.1. The summed E-state index contributed by atoms with van der Waals surface area (Å²) in [5.41, 5.74) is 0.988. The molecule has 1 atom stereocenters. The number of imide groups is 1. The van der Waals surface area contributed by atoms with E-state index in [0.29, 0.717) is 6.42 Å². The third-order valence-corrected chi connectivity index (χ3v) is 5.92. The van der Waals surface area contributed by atoms with E-state index in [0.717, 1.165) is 61.2 Å². The molecule has 138 valence electrons. The Hall–Kier alpha value is -2.37. The van der Waals surface area contributed by atoms with Gasteiger partial charge in [-0.2, -0.15) is 0 Å². The van der Waals surface area contributed by atoms with Crippen LogP contribution in [-0.2, 0) is 21.5 Å². The molecule has 4 amide bonds. The van der Waals surface area contributed by atoms with Gasteiger partial charge in [-0.1, -0.05) is 43.5 Å². The molecule has 26 heavy (non-hydrogen) atoms. The summed E-state index contributed by atoms with van der Waals surface area (Å²) in [5.74, 6) is -0.411. The maximum Gasteiger partial charge on any atom is 0.325 e. The molecule has 0 aromatic heterocycles. The Bertz CT molecular complexity index is 740. The van der Waals surface area contributed by atoms with E-state index in [9.17, 15) is 14.4 Å². The van der Waals surface area contributed by atoms with Gasteiger partial charge in [0, 0.05) is 13.1 Å². The number of rotatable bonds is 2. The fourth-order valence-electron chi connectivity index (χ4n) is 4.47. The van der Waals surface area contributed by atoms with Gasteiger partial charge >= 0.3 is 6.03 Å². The molecule has 0 radical (unpaired) electrons. The van der Waals surface area contributed by atoms with E-state index >= 15 is 0 Å². The van der Waals surface area contributed by atoms with Crippen LogP contribution in [0.1, 0.15) is 49.7 Å². The molecule has 6 nitrogen and oxygen atoms in total. The average Bonchev–Trinajstić information content (AvgIpc) is 3.09. The summed E-state index contributed by atoms with van der Waals surface area (Å²) in [4.78, 5) is 41.3. The van der Waals surface area contributed by atoms with Gasteiger partial charge in [-0.25, -0.2) is 4.79 Å². The Labute approximate surface area is 153 Å². The van der Waals surface area contributed by atoms with Crippen molar-refractivity contribution in [2.24, 2.45) is 0 Å². The number of hydrogen-bond donors (Lipinski definition) is 1. The molecule has 0 bridgehead atoms. The zero-order valence-electron chi connectivity index (χ0n) is 15.0. The zero-order valence-corrected chi connectivity index (χ0v) is 15.0. The number of carbonyl (C=O) groups is 3. The number of likely N-dealkylation sites (tertiary alicyclic amines) is 1. The fraction of sp³-hybridized carbons (Fsp3) is 0.550. The van der Waals surface area contributed by atoms with Crippen LogP contribution >= 0.6 is 0 Å². The van der Waals surface area contributed by atoms with Crippen molar-refractivity contribution in [1.82, 2.24) is 15.1 Å². The third-order valence-electron chi connectivity index (χ3n) is 5.92. The number of amides is 4. The second-order valence-electron chi connectivity index (χ2n) is 7.53. The molecular weight excluding hydrogens is 330 g/mol.